The molecule has 10 heavy (non-hydrogen) atoms. The lowest BCUT2D eigenvalue weighted by Crippen LogP contribution is -2.39. The van der Waals surface area contributed by atoms with Crippen LogP contribution in [0, 0.1) is 0 Å². The average molecular weight is 158 g/mol. The van der Waals surface area contributed by atoms with E-state index in [0.29, 0.717) is 6.04 Å². The summed E-state index contributed by atoms with van der Waals surface area (Å²) in [4.78, 5) is 0. The first kappa shape index (κ1) is 6.95. The zero-order valence-corrected chi connectivity index (χ0v) is 6.86. The molecule has 2 atom stereocenters. The number of hydrogen-bond donors (Lipinski definition) is 2. The molecule has 0 aromatic carbocycles. The molecule has 2 aliphatic heterocycles. The predicted octanol–water partition coefficient (Wildman–Crippen LogP) is 0.876. The second kappa shape index (κ2) is 2.72. The van der Waals surface area contributed by atoms with Crippen molar-refractivity contribution in [3.63, 3.8) is 0 Å². The zero-order chi connectivity index (χ0) is 6.97. The summed E-state index contributed by atoms with van der Waals surface area (Å²) >= 11 is 2.18. The summed E-state index contributed by atoms with van der Waals surface area (Å²) in [6.45, 7) is 0. The lowest BCUT2D eigenvalue weighted by atomic mass is 10.1. The standard InChI is InChI=1S/C7H14N2S/c8-9-5-3-6-1-2-7(4-5)10-6/h5-7,9H,1-4,8H2. The molecule has 2 unspecified atom stereocenters. The van der Waals surface area contributed by atoms with Gasteiger partial charge in [-0.15, -0.1) is 0 Å². The molecule has 3 heteroatoms. The van der Waals surface area contributed by atoms with Crippen LogP contribution < -0.4 is 11.3 Å². The number of nitrogens with two attached hydrogens (primary N) is 1. The summed E-state index contributed by atoms with van der Waals surface area (Å²) in [5.74, 6) is 5.40. The molecule has 2 nitrogen and oxygen atoms in total. The van der Waals surface area contributed by atoms with E-state index in [1.165, 1.54) is 25.7 Å². The van der Waals surface area contributed by atoms with Crippen LogP contribution in [0.3, 0.4) is 0 Å². The van der Waals surface area contributed by atoms with Crippen molar-refractivity contribution in [1.82, 2.24) is 5.43 Å². The van der Waals surface area contributed by atoms with Crippen LogP contribution in [-0.4, -0.2) is 16.5 Å². The largest absolute Gasteiger partial charge is 0.271 e. The lowest BCUT2D eigenvalue weighted by molar-refractivity contribution is 0.467. The van der Waals surface area contributed by atoms with Gasteiger partial charge in [0.1, 0.15) is 0 Å². The van der Waals surface area contributed by atoms with Crippen LogP contribution >= 0.6 is 11.8 Å². The molecule has 2 bridgehead atoms. The minimum absolute atomic E-state index is 0.610. The highest BCUT2D eigenvalue weighted by molar-refractivity contribution is 8.00. The van der Waals surface area contributed by atoms with Crippen molar-refractivity contribution < 1.29 is 0 Å². The van der Waals surface area contributed by atoms with Gasteiger partial charge in [0.25, 0.3) is 0 Å². The Labute approximate surface area is 65.9 Å². The van der Waals surface area contributed by atoms with Gasteiger partial charge in [-0.3, -0.25) is 11.3 Å². The number of hydrazine groups is 1. The highest BCUT2D eigenvalue weighted by Crippen LogP contribution is 2.43. The molecule has 0 spiro atoms. The Morgan fingerprint density at radius 3 is 2.30 bits per heavy atom. The Morgan fingerprint density at radius 1 is 1.20 bits per heavy atom. The molecule has 58 valence electrons. The van der Waals surface area contributed by atoms with Crippen molar-refractivity contribution in [2.75, 3.05) is 0 Å². The first-order chi connectivity index (χ1) is 4.88. The van der Waals surface area contributed by atoms with E-state index in [1.807, 2.05) is 0 Å². The van der Waals surface area contributed by atoms with Crippen LogP contribution in [-0.2, 0) is 0 Å². The molecule has 2 fully saturated rings. The maximum Gasteiger partial charge on any atom is 0.0231 e. The molecule has 2 saturated heterocycles. The van der Waals surface area contributed by atoms with Gasteiger partial charge >= 0.3 is 0 Å². The molecule has 2 rings (SSSR count). The third kappa shape index (κ3) is 1.18. The molecule has 0 aromatic heterocycles. The number of thioether (sulfide) groups is 1. The Bertz CT molecular complexity index is 117. The number of nitrogens with one attached hydrogen (secondary N) is 1. The van der Waals surface area contributed by atoms with Crippen LogP contribution in [0.15, 0.2) is 0 Å². The highest BCUT2D eigenvalue weighted by Gasteiger charge is 2.33. The molecule has 0 aliphatic carbocycles. The van der Waals surface area contributed by atoms with E-state index >= 15 is 0 Å². The van der Waals surface area contributed by atoms with Crippen molar-refractivity contribution in [3.05, 3.63) is 0 Å². The first-order valence-electron chi connectivity index (χ1n) is 4.00. The molecule has 2 heterocycles. The SMILES string of the molecule is NNC1CC2CCC(C1)S2. The normalized spacial score (nSPS) is 45.9. The van der Waals surface area contributed by atoms with E-state index in [1.54, 1.807) is 0 Å². The molecule has 0 aromatic rings. The van der Waals surface area contributed by atoms with Gasteiger partial charge < -0.3 is 0 Å². The lowest BCUT2D eigenvalue weighted by Gasteiger charge is -2.26. The fourth-order valence-electron chi connectivity index (χ4n) is 1.99. The summed E-state index contributed by atoms with van der Waals surface area (Å²) < 4.78 is 0. The maximum atomic E-state index is 5.40. The molecule has 0 amide bonds. The highest BCUT2D eigenvalue weighted by atomic mass is 32.2. The third-order valence-electron chi connectivity index (χ3n) is 2.53. The van der Waals surface area contributed by atoms with E-state index in [-0.39, 0.29) is 0 Å². The molecule has 2 aliphatic rings. The summed E-state index contributed by atoms with van der Waals surface area (Å²) in [6.07, 6.45) is 5.43. The van der Waals surface area contributed by atoms with Gasteiger partial charge in [-0.1, -0.05) is 0 Å². The van der Waals surface area contributed by atoms with Crippen LogP contribution in [0.4, 0.5) is 0 Å². The fourth-order valence-corrected chi connectivity index (χ4v) is 3.77. The van der Waals surface area contributed by atoms with Crippen LogP contribution in [0.1, 0.15) is 25.7 Å². The zero-order valence-electron chi connectivity index (χ0n) is 6.05. The second-order valence-corrected chi connectivity index (χ2v) is 4.90. The van der Waals surface area contributed by atoms with E-state index in [4.69, 9.17) is 5.84 Å². The van der Waals surface area contributed by atoms with E-state index in [2.05, 4.69) is 17.2 Å². The van der Waals surface area contributed by atoms with Gasteiger partial charge in [-0.25, -0.2) is 0 Å². The Kier molecular flexibility index (Phi) is 1.89. The first-order valence-corrected chi connectivity index (χ1v) is 4.94. The van der Waals surface area contributed by atoms with Crippen molar-refractivity contribution in [1.29, 1.82) is 0 Å². The van der Waals surface area contributed by atoms with Gasteiger partial charge in [0.15, 0.2) is 0 Å². The van der Waals surface area contributed by atoms with Crippen molar-refractivity contribution in [2.24, 2.45) is 5.84 Å². The van der Waals surface area contributed by atoms with Crippen LogP contribution in [0.2, 0.25) is 0 Å². The quantitative estimate of drug-likeness (QED) is 0.439. The monoisotopic (exact) mass is 158 g/mol. The fraction of sp³-hybridized carbons (Fsp3) is 1.00. The number of hydrogen-bond acceptors (Lipinski definition) is 3. The second-order valence-electron chi connectivity index (χ2n) is 3.29. The van der Waals surface area contributed by atoms with Crippen molar-refractivity contribution in [2.45, 2.75) is 42.2 Å². The summed E-state index contributed by atoms with van der Waals surface area (Å²) in [7, 11) is 0. The minimum atomic E-state index is 0.610. The van der Waals surface area contributed by atoms with Gasteiger partial charge in [-0.2, -0.15) is 11.8 Å². The Hall–Kier alpha value is 0.270. The van der Waals surface area contributed by atoms with E-state index in [0.717, 1.165) is 10.5 Å². The minimum Gasteiger partial charge on any atom is -0.271 e. The van der Waals surface area contributed by atoms with Gasteiger partial charge in [0.2, 0.25) is 0 Å². The predicted molar refractivity (Wildman–Crippen MR) is 44.7 cm³/mol. The third-order valence-corrected chi connectivity index (χ3v) is 4.15. The maximum absolute atomic E-state index is 5.40. The number of fused-ring (bicyclic) bond motifs is 2. The van der Waals surface area contributed by atoms with Crippen LogP contribution in [0.5, 0.6) is 0 Å². The number of rotatable bonds is 1. The molecular formula is C7H14N2S. The summed E-state index contributed by atoms with van der Waals surface area (Å²) in [5, 5.41) is 1.83. The van der Waals surface area contributed by atoms with Crippen LogP contribution in [0.25, 0.3) is 0 Å². The smallest absolute Gasteiger partial charge is 0.0231 e. The van der Waals surface area contributed by atoms with Crippen molar-refractivity contribution >= 4 is 11.8 Å². The average Bonchev–Trinajstić information content (AvgIpc) is 2.30. The Balaban J connectivity index is 1.96. The molecule has 0 radical (unpaired) electrons. The summed E-state index contributed by atoms with van der Waals surface area (Å²) in [6, 6.07) is 0.610. The Morgan fingerprint density at radius 2 is 1.80 bits per heavy atom. The van der Waals surface area contributed by atoms with Gasteiger partial charge in [0.05, 0.1) is 0 Å². The van der Waals surface area contributed by atoms with Crippen molar-refractivity contribution in [3.8, 4) is 0 Å². The molecule has 3 N–H and O–H groups in total. The van der Waals surface area contributed by atoms with E-state index in [9.17, 15) is 0 Å². The van der Waals surface area contributed by atoms with Gasteiger partial charge in [0, 0.05) is 16.5 Å². The summed E-state index contributed by atoms with van der Waals surface area (Å²) in [5.41, 5.74) is 2.89. The molecular weight excluding hydrogens is 144 g/mol. The van der Waals surface area contributed by atoms with Gasteiger partial charge in [-0.05, 0) is 25.7 Å². The van der Waals surface area contributed by atoms with E-state index < -0.39 is 0 Å². The molecule has 0 saturated carbocycles. The topological polar surface area (TPSA) is 38.0 Å².